The first-order chi connectivity index (χ1) is 8.45. The van der Waals surface area contributed by atoms with Crippen molar-refractivity contribution in [1.29, 1.82) is 0 Å². The summed E-state index contributed by atoms with van der Waals surface area (Å²) in [7, 11) is 0. The number of hydrogen-bond donors (Lipinski definition) is 1. The lowest BCUT2D eigenvalue weighted by atomic mass is 10.4. The van der Waals surface area contributed by atoms with E-state index in [2.05, 4.69) is 25.5 Å². The predicted octanol–water partition coefficient (Wildman–Crippen LogP) is 2.27. The van der Waals surface area contributed by atoms with Crippen molar-refractivity contribution in [2.45, 2.75) is 19.6 Å². The molecule has 96 valence electrons. The Kier molecular flexibility index (Phi) is 3.41. The molecule has 0 atom stereocenters. The molecule has 0 spiro atoms. The highest BCUT2D eigenvalue weighted by molar-refractivity contribution is 7.15. The van der Waals surface area contributed by atoms with Crippen LogP contribution in [0.1, 0.15) is 16.5 Å². The van der Waals surface area contributed by atoms with Crippen LogP contribution >= 0.6 is 11.3 Å². The molecule has 2 heterocycles. The van der Waals surface area contributed by atoms with Crippen LogP contribution in [0.4, 0.5) is 18.3 Å². The summed E-state index contributed by atoms with van der Waals surface area (Å²) in [6.45, 7) is 2.01. The number of anilines is 1. The second-order valence-corrected chi connectivity index (χ2v) is 4.34. The molecule has 0 saturated carbocycles. The van der Waals surface area contributed by atoms with Crippen molar-refractivity contribution < 1.29 is 13.2 Å². The Hall–Kier alpha value is -1.77. The quantitative estimate of drug-likeness (QED) is 0.931. The highest BCUT2D eigenvalue weighted by atomic mass is 32.1. The van der Waals surface area contributed by atoms with E-state index in [0.717, 1.165) is 0 Å². The van der Waals surface area contributed by atoms with E-state index >= 15 is 0 Å². The zero-order chi connectivity index (χ0) is 13.2. The van der Waals surface area contributed by atoms with Crippen LogP contribution in [0.15, 0.2) is 12.3 Å². The monoisotopic (exact) mass is 275 g/mol. The molecular formula is C9H8F3N5S. The van der Waals surface area contributed by atoms with Gasteiger partial charge in [-0.25, -0.2) is 9.97 Å². The fraction of sp³-hybridized carbons (Fsp3) is 0.333. The van der Waals surface area contributed by atoms with Crippen LogP contribution in [0.3, 0.4) is 0 Å². The Morgan fingerprint density at radius 2 is 2.11 bits per heavy atom. The molecule has 2 aromatic heterocycles. The van der Waals surface area contributed by atoms with Gasteiger partial charge in [0.25, 0.3) is 0 Å². The van der Waals surface area contributed by atoms with Crippen LogP contribution in [0.5, 0.6) is 0 Å². The Labute approximate surface area is 104 Å². The minimum Gasteiger partial charge on any atom is -0.354 e. The third-order valence-electron chi connectivity index (χ3n) is 1.92. The Morgan fingerprint density at radius 3 is 2.72 bits per heavy atom. The molecule has 0 fully saturated rings. The van der Waals surface area contributed by atoms with Crippen molar-refractivity contribution in [2.75, 3.05) is 5.32 Å². The summed E-state index contributed by atoms with van der Waals surface area (Å²) in [5.41, 5.74) is 0.672. The van der Waals surface area contributed by atoms with Gasteiger partial charge in [-0.2, -0.15) is 13.2 Å². The summed E-state index contributed by atoms with van der Waals surface area (Å²) in [4.78, 5) is 8.02. The van der Waals surface area contributed by atoms with Crippen LogP contribution in [0.25, 0.3) is 0 Å². The van der Waals surface area contributed by atoms with Gasteiger partial charge >= 0.3 is 6.18 Å². The van der Waals surface area contributed by atoms with Crippen LogP contribution in [-0.2, 0) is 12.7 Å². The van der Waals surface area contributed by atoms with E-state index in [0.29, 0.717) is 22.9 Å². The van der Waals surface area contributed by atoms with Gasteiger partial charge < -0.3 is 5.32 Å². The maximum absolute atomic E-state index is 12.3. The van der Waals surface area contributed by atoms with Gasteiger partial charge in [0, 0.05) is 6.20 Å². The zero-order valence-corrected chi connectivity index (χ0v) is 10.0. The molecule has 0 aliphatic carbocycles. The van der Waals surface area contributed by atoms with E-state index in [1.54, 1.807) is 19.2 Å². The summed E-state index contributed by atoms with van der Waals surface area (Å²) in [6.07, 6.45) is -2.87. The van der Waals surface area contributed by atoms with Crippen molar-refractivity contribution >= 4 is 16.5 Å². The van der Waals surface area contributed by atoms with Crippen molar-refractivity contribution in [1.82, 2.24) is 20.2 Å². The molecule has 2 aromatic rings. The summed E-state index contributed by atoms with van der Waals surface area (Å²) in [5.74, 6) is 0.600. The standard InChI is InChI=1S/C9H8F3N5S/c1-5-13-3-2-6(15-5)4-14-8-17-16-7(18-8)9(10,11)12/h2-3H,4H2,1H3,(H,14,17). The molecule has 0 bridgehead atoms. The molecule has 0 radical (unpaired) electrons. The molecule has 9 heteroatoms. The molecule has 0 aromatic carbocycles. The van der Waals surface area contributed by atoms with Gasteiger partial charge in [-0.05, 0) is 13.0 Å². The fourth-order valence-corrected chi connectivity index (χ4v) is 1.79. The van der Waals surface area contributed by atoms with Crippen molar-refractivity contribution in [3.8, 4) is 0 Å². The average molecular weight is 275 g/mol. The van der Waals surface area contributed by atoms with E-state index in [1.807, 2.05) is 0 Å². The number of rotatable bonds is 3. The molecule has 0 unspecified atom stereocenters. The van der Waals surface area contributed by atoms with E-state index in [4.69, 9.17) is 0 Å². The molecule has 0 aliphatic rings. The molecule has 18 heavy (non-hydrogen) atoms. The lowest BCUT2D eigenvalue weighted by molar-refractivity contribution is -0.138. The smallest absolute Gasteiger partial charge is 0.354 e. The number of aromatic nitrogens is 4. The van der Waals surface area contributed by atoms with Gasteiger partial charge in [-0.3, -0.25) is 0 Å². The van der Waals surface area contributed by atoms with Crippen LogP contribution in [0, 0.1) is 6.92 Å². The average Bonchev–Trinajstić information content (AvgIpc) is 2.74. The van der Waals surface area contributed by atoms with Gasteiger partial charge in [0.15, 0.2) is 0 Å². The molecule has 1 N–H and O–H groups in total. The number of halogens is 3. The Bertz CT molecular complexity index is 539. The molecule has 0 amide bonds. The third-order valence-corrected chi connectivity index (χ3v) is 2.85. The third kappa shape index (κ3) is 3.13. The summed E-state index contributed by atoms with van der Waals surface area (Å²) >= 11 is 0.462. The fourth-order valence-electron chi connectivity index (χ4n) is 1.18. The highest BCUT2D eigenvalue weighted by Gasteiger charge is 2.35. The van der Waals surface area contributed by atoms with E-state index in [1.165, 1.54) is 0 Å². The first-order valence-electron chi connectivity index (χ1n) is 4.88. The van der Waals surface area contributed by atoms with Crippen molar-refractivity contribution in [3.05, 3.63) is 28.8 Å². The van der Waals surface area contributed by atoms with Gasteiger partial charge in [0.05, 0.1) is 12.2 Å². The van der Waals surface area contributed by atoms with Crippen molar-refractivity contribution in [3.63, 3.8) is 0 Å². The molecule has 0 saturated heterocycles. The van der Waals surface area contributed by atoms with Crippen molar-refractivity contribution in [2.24, 2.45) is 0 Å². The van der Waals surface area contributed by atoms with Crippen LogP contribution < -0.4 is 5.32 Å². The van der Waals surface area contributed by atoms with Crippen LogP contribution in [0.2, 0.25) is 0 Å². The first kappa shape index (κ1) is 12.7. The lowest BCUT2D eigenvalue weighted by Crippen LogP contribution is -2.03. The normalized spacial score (nSPS) is 11.6. The summed E-state index contributed by atoms with van der Waals surface area (Å²) < 4.78 is 36.8. The first-order valence-corrected chi connectivity index (χ1v) is 5.70. The van der Waals surface area contributed by atoms with Crippen LogP contribution in [-0.4, -0.2) is 20.2 Å². The molecule has 0 aliphatic heterocycles. The lowest BCUT2D eigenvalue weighted by Gasteiger charge is -2.01. The molecular weight excluding hydrogens is 267 g/mol. The Balaban J connectivity index is 2.01. The maximum Gasteiger partial charge on any atom is 0.445 e. The highest BCUT2D eigenvalue weighted by Crippen LogP contribution is 2.32. The minimum absolute atomic E-state index is 0.110. The van der Waals surface area contributed by atoms with E-state index in [9.17, 15) is 13.2 Å². The van der Waals surface area contributed by atoms with Gasteiger partial charge in [0.2, 0.25) is 10.1 Å². The predicted molar refractivity (Wildman–Crippen MR) is 59.0 cm³/mol. The number of nitrogens with zero attached hydrogens (tertiary/aromatic N) is 4. The zero-order valence-electron chi connectivity index (χ0n) is 9.19. The number of alkyl halides is 3. The molecule has 2 rings (SSSR count). The Morgan fingerprint density at radius 1 is 1.33 bits per heavy atom. The molecule has 5 nitrogen and oxygen atoms in total. The number of nitrogens with one attached hydrogen (secondary N) is 1. The maximum atomic E-state index is 12.3. The van der Waals surface area contributed by atoms with Gasteiger partial charge in [0.1, 0.15) is 5.82 Å². The summed E-state index contributed by atoms with van der Waals surface area (Å²) in [5, 5.41) is 8.36. The number of aryl methyl sites for hydroxylation is 1. The van der Waals surface area contributed by atoms with Gasteiger partial charge in [-0.1, -0.05) is 11.3 Å². The van der Waals surface area contributed by atoms with E-state index in [-0.39, 0.29) is 11.7 Å². The SMILES string of the molecule is Cc1nccc(CNc2nnc(C(F)(F)F)s2)n1. The minimum atomic E-state index is -4.46. The van der Waals surface area contributed by atoms with E-state index < -0.39 is 11.2 Å². The number of hydrogen-bond acceptors (Lipinski definition) is 6. The summed E-state index contributed by atoms with van der Waals surface area (Å²) in [6, 6.07) is 1.67. The largest absolute Gasteiger partial charge is 0.445 e. The van der Waals surface area contributed by atoms with Gasteiger partial charge in [-0.15, -0.1) is 10.2 Å². The topological polar surface area (TPSA) is 63.6 Å². The second-order valence-electron chi connectivity index (χ2n) is 3.36. The second kappa shape index (κ2) is 4.84.